The van der Waals surface area contributed by atoms with E-state index in [9.17, 15) is 0 Å². The van der Waals surface area contributed by atoms with Crippen LogP contribution < -0.4 is 9.80 Å². The molecular formula is C54H42N2O. The number of para-hydroxylation sites is 2. The zero-order valence-electron chi connectivity index (χ0n) is 32.6. The lowest BCUT2D eigenvalue weighted by molar-refractivity contribution is 0.660. The Hall–Kier alpha value is -6.84. The summed E-state index contributed by atoms with van der Waals surface area (Å²) in [6.45, 7) is 9.39. The minimum Gasteiger partial charge on any atom is -0.456 e. The number of nitrogens with zero attached hydrogens (tertiary/aromatic N) is 2. The lowest BCUT2D eigenvalue weighted by Crippen LogP contribution is -2.17. The Morgan fingerprint density at radius 1 is 0.351 bits per heavy atom. The van der Waals surface area contributed by atoms with E-state index in [0.29, 0.717) is 0 Å². The molecule has 9 aromatic rings. The van der Waals surface area contributed by atoms with Crippen molar-refractivity contribution in [2.45, 2.75) is 38.5 Å². The maximum Gasteiger partial charge on any atom is 0.137 e. The molecule has 0 atom stereocenters. The predicted molar refractivity (Wildman–Crippen MR) is 238 cm³/mol. The van der Waals surface area contributed by atoms with E-state index in [1.807, 2.05) is 0 Å². The van der Waals surface area contributed by atoms with Gasteiger partial charge in [-0.3, -0.25) is 0 Å². The van der Waals surface area contributed by atoms with Crippen molar-refractivity contribution in [1.29, 1.82) is 0 Å². The minimum absolute atomic E-state index is 0.0725. The van der Waals surface area contributed by atoms with Crippen molar-refractivity contribution < 1.29 is 4.42 Å². The van der Waals surface area contributed by atoms with Crippen LogP contribution in [0.4, 0.5) is 34.1 Å². The fraction of sp³-hybridized carbons (Fsp3) is 0.111. The van der Waals surface area contributed by atoms with Crippen molar-refractivity contribution in [3.63, 3.8) is 0 Å². The monoisotopic (exact) mass is 734 g/mol. The highest BCUT2D eigenvalue weighted by atomic mass is 16.3. The number of benzene rings is 8. The average Bonchev–Trinajstić information content (AvgIpc) is 3.81. The SMILES string of the molecule is CC1(C)c2ccccc2-c2cc(N(c3ccc4c(c3)C(C)(C)c3ccccc3-4)c3ccc4c(c3)oc3cccc(N(c5ccccc5)c5ccccc5)c34)ccc21. The first-order chi connectivity index (χ1) is 27.8. The van der Waals surface area contributed by atoms with E-state index >= 15 is 0 Å². The fourth-order valence-corrected chi connectivity index (χ4v) is 9.83. The Balaban J connectivity index is 1.11. The molecule has 1 aromatic heterocycles. The Labute approximate surface area is 334 Å². The van der Waals surface area contributed by atoms with Gasteiger partial charge in [-0.2, -0.15) is 0 Å². The van der Waals surface area contributed by atoms with Crippen LogP contribution in [0.5, 0.6) is 0 Å². The Kier molecular flexibility index (Phi) is 7.25. The molecule has 274 valence electrons. The quantitative estimate of drug-likeness (QED) is 0.170. The van der Waals surface area contributed by atoms with Gasteiger partial charge in [0.15, 0.2) is 0 Å². The van der Waals surface area contributed by atoms with Crippen molar-refractivity contribution in [3.05, 3.63) is 204 Å². The van der Waals surface area contributed by atoms with Gasteiger partial charge in [0.25, 0.3) is 0 Å². The maximum absolute atomic E-state index is 6.82. The molecule has 8 aromatic carbocycles. The van der Waals surface area contributed by atoms with Crippen LogP contribution in [0.25, 0.3) is 44.2 Å². The van der Waals surface area contributed by atoms with E-state index in [2.05, 4.69) is 219 Å². The minimum atomic E-state index is -0.128. The molecule has 11 rings (SSSR count). The molecule has 3 nitrogen and oxygen atoms in total. The van der Waals surface area contributed by atoms with Crippen LogP contribution in [0.2, 0.25) is 0 Å². The normalized spacial score (nSPS) is 14.2. The number of furan rings is 1. The first-order valence-corrected chi connectivity index (χ1v) is 19.9. The number of anilines is 6. The van der Waals surface area contributed by atoms with Gasteiger partial charge < -0.3 is 14.2 Å². The number of hydrogen-bond donors (Lipinski definition) is 0. The van der Waals surface area contributed by atoms with Crippen molar-refractivity contribution in [3.8, 4) is 22.3 Å². The van der Waals surface area contributed by atoms with E-state index in [4.69, 9.17) is 4.42 Å². The summed E-state index contributed by atoms with van der Waals surface area (Å²) in [6, 6.07) is 66.1. The van der Waals surface area contributed by atoms with Crippen molar-refractivity contribution in [2.24, 2.45) is 0 Å². The molecule has 0 unspecified atom stereocenters. The zero-order chi connectivity index (χ0) is 38.5. The Morgan fingerprint density at radius 3 is 1.58 bits per heavy atom. The topological polar surface area (TPSA) is 19.6 Å². The second-order valence-corrected chi connectivity index (χ2v) is 16.6. The molecule has 2 aliphatic carbocycles. The van der Waals surface area contributed by atoms with Gasteiger partial charge in [0.1, 0.15) is 11.2 Å². The molecule has 0 fully saturated rings. The third-order valence-electron chi connectivity index (χ3n) is 12.6. The molecule has 1 heterocycles. The summed E-state index contributed by atoms with van der Waals surface area (Å²) in [5.41, 5.74) is 18.8. The maximum atomic E-state index is 6.82. The summed E-state index contributed by atoms with van der Waals surface area (Å²) in [5, 5.41) is 2.17. The molecule has 2 aliphatic rings. The van der Waals surface area contributed by atoms with Crippen LogP contribution in [0.3, 0.4) is 0 Å². The Morgan fingerprint density at radius 2 is 0.877 bits per heavy atom. The van der Waals surface area contributed by atoms with Gasteiger partial charge >= 0.3 is 0 Å². The molecule has 0 bridgehead atoms. The van der Waals surface area contributed by atoms with E-state index in [-0.39, 0.29) is 10.8 Å². The predicted octanol–water partition coefficient (Wildman–Crippen LogP) is 15.1. The van der Waals surface area contributed by atoms with E-state index in [0.717, 1.165) is 56.1 Å². The van der Waals surface area contributed by atoms with Gasteiger partial charge in [-0.25, -0.2) is 0 Å². The van der Waals surface area contributed by atoms with Crippen LogP contribution in [0, 0.1) is 0 Å². The van der Waals surface area contributed by atoms with Crippen LogP contribution in [-0.4, -0.2) is 0 Å². The highest BCUT2D eigenvalue weighted by Gasteiger charge is 2.37. The molecule has 0 aliphatic heterocycles. The summed E-state index contributed by atoms with van der Waals surface area (Å²) in [7, 11) is 0. The molecule has 0 amide bonds. The molecule has 0 saturated heterocycles. The van der Waals surface area contributed by atoms with Crippen LogP contribution in [0.15, 0.2) is 186 Å². The largest absolute Gasteiger partial charge is 0.456 e. The molecule has 57 heavy (non-hydrogen) atoms. The van der Waals surface area contributed by atoms with Crippen LogP contribution in [0.1, 0.15) is 49.9 Å². The number of fused-ring (bicyclic) bond motifs is 9. The smallest absolute Gasteiger partial charge is 0.137 e. The van der Waals surface area contributed by atoms with E-state index < -0.39 is 0 Å². The summed E-state index contributed by atoms with van der Waals surface area (Å²) < 4.78 is 6.82. The first kappa shape index (κ1) is 33.5. The van der Waals surface area contributed by atoms with Crippen LogP contribution >= 0.6 is 0 Å². The summed E-state index contributed by atoms with van der Waals surface area (Å²) in [5.74, 6) is 0. The zero-order valence-corrected chi connectivity index (χ0v) is 32.6. The second-order valence-electron chi connectivity index (χ2n) is 16.6. The summed E-state index contributed by atoms with van der Waals surface area (Å²) in [4.78, 5) is 4.74. The summed E-state index contributed by atoms with van der Waals surface area (Å²) >= 11 is 0. The number of rotatable bonds is 6. The third-order valence-corrected chi connectivity index (χ3v) is 12.6. The van der Waals surface area contributed by atoms with Gasteiger partial charge in [0, 0.05) is 50.7 Å². The summed E-state index contributed by atoms with van der Waals surface area (Å²) in [6.07, 6.45) is 0. The lowest BCUT2D eigenvalue weighted by Gasteiger charge is -2.29. The van der Waals surface area contributed by atoms with Gasteiger partial charge in [-0.15, -0.1) is 0 Å². The molecule has 0 N–H and O–H groups in total. The van der Waals surface area contributed by atoms with Crippen molar-refractivity contribution in [2.75, 3.05) is 9.80 Å². The molecule has 3 heteroatoms. The van der Waals surface area contributed by atoms with Crippen LogP contribution in [-0.2, 0) is 10.8 Å². The molecule has 0 spiro atoms. The third kappa shape index (κ3) is 4.98. The first-order valence-electron chi connectivity index (χ1n) is 19.9. The standard InChI is InChI=1S/C54H42N2O/c1-53(2)46-23-14-12-21-41(46)44-32-37(28-31-47(44)53)55(38-26-29-42-40-20-11-13-22-45(40)54(3,4)48(42)33-38)39-27-30-43-51(34-39)57-50-25-15-24-49(52(43)50)56(35-16-7-5-8-17-35)36-18-9-6-10-19-36/h5-34H,1-4H3. The van der Waals surface area contributed by atoms with Crippen molar-refractivity contribution >= 4 is 56.1 Å². The van der Waals surface area contributed by atoms with Gasteiger partial charge in [0.2, 0.25) is 0 Å². The molecule has 0 radical (unpaired) electrons. The fourth-order valence-electron chi connectivity index (χ4n) is 9.83. The van der Waals surface area contributed by atoms with Gasteiger partial charge in [-0.1, -0.05) is 131 Å². The average molecular weight is 735 g/mol. The highest BCUT2D eigenvalue weighted by molar-refractivity contribution is 6.14. The van der Waals surface area contributed by atoms with Gasteiger partial charge in [-0.05, 0) is 117 Å². The number of hydrogen-bond acceptors (Lipinski definition) is 3. The van der Waals surface area contributed by atoms with Gasteiger partial charge in [0.05, 0.1) is 11.1 Å². The molecular weight excluding hydrogens is 693 g/mol. The van der Waals surface area contributed by atoms with E-state index in [1.165, 1.54) is 44.5 Å². The van der Waals surface area contributed by atoms with E-state index in [1.54, 1.807) is 0 Å². The highest BCUT2D eigenvalue weighted by Crippen LogP contribution is 2.53. The van der Waals surface area contributed by atoms with Crippen molar-refractivity contribution in [1.82, 2.24) is 0 Å². The second kappa shape index (κ2) is 12.3. The lowest BCUT2D eigenvalue weighted by atomic mass is 9.82. The Bertz CT molecular complexity index is 2990. The molecule has 0 saturated carbocycles.